The number of hydrogen-bond acceptors (Lipinski definition) is 7. The number of nitrogen functional groups attached to an aromatic ring is 1. The molecule has 23 heavy (non-hydrogen) atoms. The Morgan fingerprint density at radius 3 is 2.91 bits per heavy atom. The van der Waals surface area contributed by atoms with Crippen molar-refractivity contribution in [1.29, 1.82) is 5.26 Å². The van der Waals surface area contributed by atoms with Gasteiger partial charge in [0.2, 0.25) is 0 Å². The summed E-state index contributed by atoms with van der Waals surface area (Å²) in [5, 5.41) is 9.48. The number of nitriles is 1. The molecular weight excluding hydrogens is 310 g/mol. The highest BCUT2D eigenvalue weighted by Gasteiger charge is 2.32. The molecule has 0 spiro atoms. The van der Waals surface area contributed by atoms with E-state index < -0.39 is 0 Å². The molecule has 2 N–H and O–H groups in total. The van der Waals surface area contributed by atoms with Gasteiger partial charge in [-0.05, 0) is 13.0 Å². The summed E-state index contributed by atoms with van der Waals surface area (Å²) in [6.45, 7) is 7.00. The Morgan fingerprint density at radius 2 is 2.17 bits per heavy atom. The van der Waals surface area contributed by atoms with Gasteiger partial charge in [-0.15, -0.1) is 0 Å². The zero-order valence-electron chi connectivity index (χ0n) is 13.2. The lowest BCUT2D eigenvalue weighted by atomic mass is 9.87. The fraction of sp³-hybridized carbons (Fsp3) is 0.375. The van der Waals surface area contributed by atoms with Crippen molar-refractivity contribution >= 4 is 17.6 Å². The molecule has 0 amide bonds. The first-order chi connectivity index (χ1) is 10.9. The third-order valence-electron chi connectivity index (χ3n) is 3.74. The smallest absolute Gasteiger partial charge is 0.191 e. The Kier molecular flexibility index (Phi) is 3.86. The van der Waals surface area contributed by atoms with Crippen LogP contribution in [0.4, 0.5) is 5.82 Å². The predicted octanol–water partition coefficient (Wildman–Crippen LogP) is 2.85. The number of fused-ring (bicyclic) bond motifs is 1. The Hall–Kier alpha value is -2.33. The number of ether oxygens (including phenoxy) is 1. The van der Waals surface area contributed by atoms with Crippen LogP contribution in [-0.2, 0) is 5.41 Å². The second-order valence-corrected chi connectivity index (χ2v) is 7.42. The van der Waals surface area contributed by atoms with E-state index in [1.807, 2.05) is 13.0 Å². The summed E-state index contributed by atoms with van der Waals surface area (Å²) in [5.41, 5.74) is 8.06. The Balaban J connectivity index is 1.86. The van der Waals surface area contributed by atoms with E-state index in [4.69, 9.17) is 15.7 Å². The van der Waals surface area contributed by atoms with Gasteiger partial charge >= 0.3 is 0 Å². The molecule has 2 aromatic heterocycles. The van der Waals surface area contributed by atoms with Crippen LogP contribution in [0, 0.1) is 11.3 Å². The average Bonchev–Trinajstić information content (AvgIpc) is 2.81. The van der Waals surface area contributed by atoms with Gasteiger partial charge in [0.25, 0.3) is 0 Å². The van der Waals surface area contributed by atoms with Gasteiger partial charge in [0.1, 0.15) is 23.3 Å². The van der Waals surface area contributed by atoms with Crippen molar-refractivity contribution in [3.05, 3.63) is 35.3 Å². The minimum Gasteiger partial charge on any atom is -0.491 e. The van der Waals surface area contributed by atoms with E-state index in [9.17, 15) is 0 Å². The summed E-state index contributed by atoms with van der Waals surface area (Å²) < 4.78 is 5.67. The van der Waals surface area contributed by atoms with Crippen molar-refractivity contribution in [3.63, 3.8) is 0 Å². The molecular formula is C16H17N5OS. The van der Waals surface area contributed by atoms with E-state index >= 15 is 0 Å². The number of nitrogens with two attached hydrogens (primary N) is 1. The summed E-state index contributed by atoms with van der Waals surface area (Å²) in [6, 6.07) is 5.53. The molecule has 1 aliphatic heterocycles. The third kappa shape index (κ3) is 3.08. The molecule has 3 heterocycles. The number of hydrogen-bond donors (Lipinski definition) is 1. The van der Waals surface area contributed by atoms with E-state index in [2.05, 4.69) is 34.9 Å². The molecule has 6 nitrogen and oxygen atoms in total. The van der Waals surface area contributed by atoms with Gasteiger partial charge in [-0.1, -0.05) is 25.6 Å². The molecule has 3 rings (SSSR count). The highest BCUT2D eigenvalue weighted by molar-refractivity contribution is 7.99. The van der Waals surface area contributed by atoms with Gasteiger partial charge in [0.15, 0.2) is 5.16 Å². The molecule has 0 saturated heterocycles. The maximum absolute atomic E-state index is 8.97. The molecule has 0 radical (unpaired) electrons. The van der Waals surface area contributed by atoms with Crippen LogP contribution < -0.4 is 10.5 Å². The lowest BCUT2D eigenvalue weighted by Crippen LogP contribution is -2.18. The molecule has 0 aliphatic carbocycles. The fourth-order valence-electron chi connectivity index (χ4n) is 2.43. The van der Waals surface area contributed by atoms with Crippen molar-refractivity contribution in [2.75, 3.05) is 12.3 Å². The number of nitrogens with zero attached hydrogens (tertiary/aromatic N) is 4. The van der Waals surface area contributed by atoms with Gasteiger partial charge in [-0.3, -0.25) is 4.98 Å². The van der Waals surface area contributed by atoms with E-state index in [0.29, 0.717) is 17.6 Å². The number of anilines is 1. The lowest BCUT2D eigenvalue weighted by Gasteiger charge is -2.17. The Labute approximate surface area is 139 Å². The average molecular weight is 327 g/mol. The van der Waals surface area contributed by atoms with Gasteiger partial charge < -0.3 is 10.5 Å². The first-order valence-electron chi connectivity index (χ1n) is 7.23. The molecule has 7 heteroatoms. The maximum Gasteiger partial charge on any atom is 0.191 e. The first kappa shape index (κ1) is 15.6. The van der Waals surface area contributed by atoms with Crippen LogP contribution in [0.15, 0.2) is 23.5 Å². The summed E-state index contributed by atoms with van der Waals surface area (Å²) in [7, 11) is 0. The molecule has 0 fully saturated rings. The van der Waals surface area contributed by atoms with Gasteiger partial charge in [0.05, 0.1) is 23.7 Å². The first-order valence-corrected chi connectivity index (χ1v) is 8.11. The van der Waals surface area contributed by atoms with E-state index in [1.165, 1.54) is 23.4 Å². The van der Waals surface area contributed by atoms with E-state index in [0.717, 1.165) is 11.4 Å². The van der Waals surface area contributed by atoms with Crippen LogP contribution in [0.3, 0.4) is 0 Å². The SMILES string of the molecule is CC(Sc1nc(N)cc(C#N)n1)c1cc2c(cn1)OCC2(C)C. The molecule has 1 aliphatic rings. The molecule has 0 bridgehead atoms. The standard InChI is InChI=1S/C16H17N5OS/c1-9(23-15-20-10(6-17)4-14(18)21-15)12-5-11-13(7-19-12)22-8-16(11,2)3/h4-5,7,9H,8H2,1-3H3,(H2,18,20,21). The molecule has 1 unspecified atom stereocenters. The second-order valence-electron chi connectivity index (χ2n) is 6.11. The molecule has 0 saturated carbocycles. The van der Waals surface area contributed by atoms with Crippen molar-refractivity contribution in [2.24, 2.45) is 0 Å². The number of rotatable bonds is 3. The quantitative estimate of drug-likeness (QED) is 0.683. The normalized spacial score (nSPS) is 16.3. The molecule has 0 aromatic carbocycles. The number of pyridine rings is 1. The van der Waals surface area contributed by atoms with Gasteiger partial charge in [-0.25, -0.2) is 9.97 Å². The molecule has 2 aromatic rings. The van der Waals surface area contributed by atoms with Crippen LogP contribution in [0.25, 0.3) is 0 Å². The predicted molar refractivity (Wildman–Crippen MR) is 88.2 cm³/mol. The van der Waals surface area contributed by atoms with E-state index in [-0.39, 0.29) is 16.4 Å². The lowest BCUT2D eigenvalue weighted by molar-refractivity contribution is 0.290. The maximum atomic E-state index is 8.97. The van der Waals surface area contributed by atoms with Crippen molar-refractivity contribution < 1.29 is 4.74 Å². The fourth-order valence-corrected chi connectivity index (χ4v) is 3.31. The van der Waals surface area contributed by atoms with Gasteiger partial charge in [-0.2, -0.15) is 5.26 Å². The Bertz CT molecular complexity index is 800. The largest absolute Gasteiger partial charge is 0.491 e. The minimum absolute atomic E-state index is 0.0148. The highest BCUT2D eigenvalue weighted by atomic mass is 32.2. The van der Waals surface area contributed by atoms with Crippen LogP contribution in [0.5, 0.6) is 5.75 Å². The minimum atomic E-state index is -0.0148. The number of aromatic nitrogens is 3. The van der Waals surface area contributed by atoms with Crippen molar-refractivity contribution in [1.82, 2.24) is 15.0 Å². The topological polar surface area (TPSA) is 97.7 Å². The van der Waals surface area contributed by atoms with Gasteiger partial charge in [0, 0.05) is 17.0 Å². The summed E-state index contributed by atoms with van der Waals surface area (Å²) >= 11 is 1.43. The summed E-state index contributed by atoms with van der Waals surface area (Å²) in [5.74, 6) is 1.14. The second kappa shape index (κ2) is 5.70. The van der Waals surface area contributed by atoms with Crippen molar-refractivity contribution in [2.45, 2.75) is 36.6 Å². The molecule has 1 atom stereocenters. The third-order valence-corrected chi connectivity index (χ3v) is 4.73. The zero-order valence-corrected chi connectivity index (χ0v) is 14.0. The van der Waals surface area contributed by atoms with Crippen molar-refractivity contribution in [3.8, 4) is 11.8 Å². The monoisotopic (exact) mass is 327 g/mol. The van der Waals surface area contributed by atoms with Crippen LogP contribution in [0.2, 0.25) is 0 Å². The number of thioether (sulfide) groups is 1. The molecule has 118 valence electrons. The van der Waals surface area contributed by atoms with Crippen LogP contribution in [-0.4, -0.2) is 21.6 Å². The van der Waals surface area contributed by atoms with Crippen LogP contribution >= 0.6 is 11.8 Å². The van der Waals surface area contributed by atoms with Crippen LogP contribution in [0.1, 0.15) is 43.0 Å². The Morgan fingerprint density at radius 1 is 1.39 bits per heavy atom. The summed E-state index contributed by atoms with van der Waals surface area (Å²) in [6.07, 6.45) is 1.78. The van der Waals surface area contributed by atoms with E-state index in [1.54, 1.807) is 6.20 Å². The summed E-state index contributed by atoms with van der Waals surface area (Å²) in [4.78, 5) is 12.8. The zero-order chi connectivity index (χ0) is 16.6. The highest BCUT2D eigenvalue weighted by Crippen LogP contribution is 2.41.